The zero-order valence-corrected chi connectivity index (χ0v) is 27.6. The van der Waals surface area contributed by atoms with Crippen molar-refractivity contribution in [3.8, 4) is 22.8 Å². The first-order valence-electron chi connectivity index (χ1n) is 15.0. The lowest BCUT2D eigenvalue weighted by atomic mass is 10.1. The minimum absolute atomic E-state index is 0.584. The van der Waals surface area contributed by atoms with E-state index >= 15 is 0 Å². The van der Waals surface area contributed by atoms with Crippen LogP contribution >= 0.6 is 15.9 Å². The number of hydrogen-bond donors (Lipinski definition) is 4. The minimum atomic E-state index is 0.584. The molecule has 0 saturated carbocycles. The van der Waals surface area contributed by atoms with E-state index in [1.54, 1.807) is 26.6 Å². The van der Waals surface area contributed by atoms with Crippen molar-refractivity contribution in [2.45, 2.75) is 13.1 Å². The van der Waals surface area contributed by atoms with Crippen LogP contribution in [-0.4, -0.2) is 72.0 Å². The van der Waals surface area contributed by atoms with E-state index in [1.165, 1.54) is 12.7 Å². The second kappa shape index (κ2) is 12.7. The number of aromatic nitrogens is 9. The lowest BCUT2D eigenvalue weighted by molar-refractivity contribution is 0.416. The molecule has 5 aromatic heterocycles. The number of aliphatic imine (C=N–C) groups is 2. The van der Waals surface area contributed by atoms with Crippen molar-refractivity contribution in [3.05, 3.63) is 88.3 Å². The number of aromatic amines is 2. The third-order valence-electron chi connectivity index (χ3n) is 8.04. The highest BCUT2D eigenvalue weighted by molar-refractivity contribution is 9.10. The van der Waals surface area contributed by atoms with Gasteiger partial charge in [-0.1, -0.05) is 0 Å². The number of pyridine rings is 1. The van der Waals surface area contributed by atoms with Crippen LogP contribution in [0.1, 0.15) is 22.3 Å². The fraction of sp³-hybridized carbons (Fsp3) is 0.121. The number of H-pyrrole nitrogens is 2. The normalized spacial score (nSPS) is 12.5. The van der Waals surface area contributed by atoms with E-state index in [1.807, 2.05) is 48.8 Å². The summed E-state index contributed by atoms with van der Waals surface area (Å²) < 4.78 is 11.8. The van der Waals surface area contributed by atoms with E-state index in [0.717, 1.165) is 71.8 Å². The number of nitrogens with one attached hydrogen (secondary N) is 4. The molecule has 4 N–H and O–H groups in total. The van der Waals surface area contributed by atoms with Crippen LogP contribution in [0.15, 0.2) is 76.0 Å². The van der Waals surface area contributed by atoms with Crippen molar-refractivity contribution in [2.75, 3.05) is 24.9 Å². The van der Waals surface area contributed by atoms with Gasteiger partial charge in [0.05, 0.1) is 55.2 Å². The van der Waals surface area contributed by atoms with Crippen molar-refractivity contribution >= 4 is 73.4 Å². The molecule has 0 fully saturated rings. The number of methoxy groups -OCH3 is 2. The maximum atomic E-state index is 5.56. The average Bonchev–Trinajstić information content (AvgIpc) is 3.95. The second-order valence-corrected chi connectivity index (χ2v) is 11.7. The summed E-state index contributed by atoms with van der Waals surface area (Å²) in [6.45, 7) is 1.37. The Balaban J connectivity index is 0.000000145. The van der Waals surface area contributed by atoms with Crippen LogP contribution < -0.4 is 20.1 Å². The molecular weight excluding hydrogens is 690 g/mol. The van der Waals surface area contributed by atoms with Gasteiger partial charge in [-0.3, -0.25) is 25.2 Å². The average molecular weight is 717 g/mol. The molecule has 0 spiro atoms. The monoisotopic (exact) mass is 715 g/mol. The largest absolute Gasteiger partial charge is 0.495 e. The molecule has 0 amide bonds. The number of hydrogen-bond acceptors (Lipinski definition) is 13. The molecule has 242 valence electrons. The summed E-state index contributed by atoms with van der Waals surface area (Å²) in [6.07, 6.45) is 10.2. The van der Waals surface area contributed by atoms with Crippen LogP contribution in [0, 0.1) is 0 Å². The van der Waals surface area contributed by atoms with Crippen LogP contribution in [0.4, 0.5) is 23.0 Å². The molecule has 2 aliphatic heterocycles. The number of nitrogens with zero attached hydrogens (tertiary/aromatic N) is 9. The summed E-state index contributed by atoms with van der Waals surface area (Å²) in [4.78, 5) is 29.8. The Labute approximate surface area is 286 Å². The SMILES string of the molecule is COc1cc2c(cc1Nc1ncnc3n[nH]c(-c4ccncc4)c13)C=NC2.COc1cc2c(cc1Nc1ncnc3n[nH]c(Br)c13)C=NC2. The minimum Gasteiger partial charge on any atom is -0.495 e. The van der Waals surface area contributed by atoms with E-state index in [2.05, 4.69) is 81.9 Å². The number of rotatable bonds is 7. The van der Waals surface area contributed by atoms with Gasteiger partial charge in [0.1, 0.15) is 40.4 Å². The van der Waals surface area contributed by atoms with Gasteiger partial charge in [0.25, 0.3) is 0 Å². The van der Waals surface area contributed by atoms with Gasteiger partial charge in [0.15, 0.2) is 11.3 Å². The Morgan fingerprint density at radius 2 is 1.24 bits per heavy atom. The van der Waals surface area contributed by atoms with E-state index < -0.39 is 0 Å². The van der Waals surface area contributed by atoms with Gasteiger partial charge < -0.3 is 20.1 Å². The lowest BCUT2D eigenvalue weighted by Crippen LogP contribution is -2.00. The molecular formula is C33H26BrN13O2. The van der Waals surface area contributed by atoms with E-state index in [0.29, 0.717) is 36.0 Å². The Morgan fingerprint density at radius 3 is 1.84 bits per heavy atom. The number of benzene rings is 2. The van der Waals surface area contributed by atoms with Gasteiger partial charge in [-0.15, -0.1) is 0 Å². The molecule has 0 saturated heterocycles. The Bertz CT molecular complexity index is 2410. The molecule has 0 bridgehead atoms. The summed E-state index contributed by atoms with van der Waals surface area (Å²) >= 11 is 3.43. The molecule has 7 heterocycles. The molecule has 2 aliphatic rings. The summed E-state index contributed by atoms with van der Waals surface area (Å²) in [5.74, 6) is 2.78. The van der Waals surface area contributed by atoms with Crippen LogP contribution in [0.2, 0.25) is 0 Å². The molecule has 7 aromatic rings. The van der Waals surface area contributed by atoms with Crippen molar-refractivity contribution in [1.82, 2.24) is 45.3 Å². The lowest BCUT2D eigenvalue weighted by Gasteiger charge is -2.13. The van der Waals surface area contributed by atoms with E-state index in [-0.39, 0.29) is 0 Å². The molecule has 15 nitrogen and oxygen atoms in total. The van der Waals surface area contributed by atoms with Gasteiger partial charge >= 0.3 is 0 Å². The molecule has 0 radical (unpaired) electrons. The third-order valence-corrected chi connectivity index (χ3v) is 8.61. The van der Waals surface area contributed by atoms with Crippen LogP contribution in [0.25, 0.3) is 33.3 Å². The number of halogens is 1. The smallest absolute Gasteiger partial charge is 0.187 e. The predicted octanol–water partition coefficient (Wildman–Crippen LogP) is 5.90. The second-order valence-electron chi connectivity index (χ2n) is 10.9. The molecule has 2 aromatic carbocycles. The first-order chi connectivity index (χ1) is 24.1. The van der Waals surface area contributed by atoms with Crippen molar-refractivity contribution in [3.63, 3.8) is 0 Å². The molecule has 0 atom stereocenters. The standard InChI is InChI=1S/C19H15N7O.C14H11BrN6O/c1-27-15-7-13-9-21-8-12(13)6-14(15)24-18-16-17(11-2-4-20-5-3-11)25-26-19(16)23-10-22-18;1-22-10-3-8-5-16-4-7(8)2-9(10)19-13-11-12(15)20-21-14(11)18-6-17-13/h2-8,10H,9H2,1H3,(H2,22,23,24,25,26);2-4,6H,5H2,1H3,(H2,17,18,19,20,21). The molecule has 16 heteroatoms. The Kier molecular flexibility index (Phi) is 7.81. The molecule has 49 heavy (non-hydrogen) atoms. The molecule has 0 unspecified atom stereocenters. The van der Waals surface area contributed by atoms with Crippen LogP contribution in [0.3, 0.4) is 0 Å². The van der Waals surface area contributed by atoms with Gasteiger partial charge in [-0.2, -0.15) is 10.2 Å². The highest BCUT2D eigenvalue weighted by Crippen LogP contribution is 2.37. The van der Waals surface area contributed by atoms with Gasteiger partial charge in [0, 0.05) is 30.4 Å². The van der Waals surface area contributed by atoms with Crippen LogP contribution in [0.5, 0.6) is 11.5 Å². The highest BCUT2D eigenvalue weighted by atomic mass is 79.9. The zero-order valence-electron chi connectivity index (χ0n) is 26.1. The fourth-order valence-corrected chi connectivity index (χ4v) is 6.11. The summed E-state index contributed by atoms with van der Waals surface area (Å²) in [5, 5.41) is 22.6. The first kappa shape index (κ1) is 30.1. The predicted molar refractivity (Wildman–Crippen MR) is 189 cm³/mol. The highest BCUT2D eigenvalue weighted by Gasteiger charge is 2.19. The number of ether oxygens (including phenoxy) is 2. The maximum absolute atomic E-state index is 5.56. The molecule has 9 rings (SSSR count). The first-order valence-corrected chi connectivity index (χ1v) is 15.8. The summed E-state index contributed by atoms with van der Waals surface area (Å²) in [7, 11) is 3.30. The summed E-state index contributed by atoms with van der Waals surface area (Å²) in [6, 6.07) is 11.8. The van der Waals surface area contributed by atoms with E-state index in [4.69, 9.17) is 9.47 Å². The van der Waals surface area contributed by atoms with Crippen molar-refractivity contribution in [2.24, 2.45) is 9.98 Å². The number of fused-ring (bicyclic) bond motifs is 4. The fourth-order valence-electron chi connectivity index (χ4n) is 5.66. The Morgan fingerprint density at radius 1 is 0.694 bits per heavy atom. The Hall–Kier alpha value is -6.29. The van der Waals surface area contributed by atoms with Gasteiger partial charge in [-0.25, -0.2) is 19.9 Å². The quantitative estimate of drug-likeness (QED) is 0.154. The van der Waals surface area contributed by atoms with Crippen molar-refractivity contribution < 1.29 is 9.47 Å². The number of anilines is 4. The van der Waals surface area contributed by atoms with Gasteiger partial charge in [0.2, 0.25) is 0 Å². The van der Waals surface area contributed by atoms with Crippen LogP contribution in [-0.2, 0) is 13.1 Å². The maximum Gasteiger partial charge on any atom is 0.187 e. The van der Waals surface area contributed by atoms with Crippen molar-refractivity contribution in [1.29, 1.82) is 0 Å². The third kappa shape index (κ3) is 5.67. The van der Waals surface area contributed by atoms with E-state index in [9.17, 15) is 0 Å². The topological polar surface area (TPSA) is 189 Å². The van der Waals surface area contributed by atoms with Gasteiger partial charge in [-0.05, 0) is 74.6 Å². The molecule has 0 aliphatic carbocycles. The summed E-state index contributed by atoms with van der Waals surface area (Å²) in [5.41, 5.74) is 9.05. The zero-order chi connectivity index (χ0) is 33.3.